The van der Waals surface area contributed by atoms with E-state index < -0.39 is 6.61 Å². The van der Waals surface area contributed by atoms with Crippen molar-refractivity contribution in [2.75, 3.05) is 5.32 Å². The van der Waals surface area contributed by atoms with Crippen molar-refractivity contribution in [3.63, 3.8) is 0 Å². The van der Waals surface area contributed by atoms with Crippen LogP contribution in [-0.2, 0) is 0 Å². The van der Waals surface area contributed by atoms with E-state index in [0.29, 0.717) is 0 Å². The number of nitrogens with zero attached hydrogens (tertiary/aromatic N) is 2. The number of rotatable bonds is 4. The van der Waals surface area contributed by atoms with Gasteiger partial charge in [0.15, 0.2) is 0 Å². The third kappa shape index (κ3) is 3.45. The van der Waals surface area contributed by atoms with E-state index in [0.717, 1.165) is 38.3 Å². The van der Waals surface area contributed by atoms with Gasteiger partial charge in [0.25, 0.3) is 0 Å². The number of aromatic nitrogens is 2. The fourth-order valence-electron chi connectivity index (χ4n) is 3.73. The summed E-state index contributed by atoms with van der Waals surface area (Å²) in [6.07, 6.45) is 2.12. The van der Waals surface area contributed by atoms with Gasteiger partial charge in [-0.25, -0.2) is 4.98 Å². The summed E-state index contributed by atoms with van der Waals surface area (Å²) in [5.74, 6) is 0.854. The molecule has 0 amide bonds. The molecule has 0 radical (unpaired) electrons. The quantitative estimate of drug-likeness (QED) is 0.374. The van der Waals surface area contributed by atoms with Gasteiger partial charge < -0.3 is 10.1 Å². The van der Waals surface area contributed by atoms with Crippen molar-refractivity contribution >= 4 is 38.6 Å². The summed E-state index contributed by atoms with van der Waals surface area (Å²) in [6.45, 7) is -2.84. The van der Waals surface area contributed by atoms with Gasteiger partial charge in [0.1, 0.15) is 5.75 Å². The zero-order valence-electron chi connectivity index (χ0n) is 15.6. The van der Waals surface area contributed by atoms with Crippen LogP contribution in [0.5, 0.6) is 5.75 Å². The molecule has 1 N–H and O–H groups in total. The predicted molar refractivity (Wildman–Crippen MR) is 117 cm³/mol. The Labute approximate surface area is 179 Å². The lowest BCUT2D eigenvalue weighted by Gasteiger charge is -2.27. The average molecular weight is 468 g/mol. The summed E-state index contributed by atoms with van der Waals surface area (Å²) in [4.78, 5) is 4.76. The van der Waals surface area contributed by atoms with Crippen LogP contribution in [0.25, 0.3) is 16.7 Å². The monoisotopic (exact) mass is 467 g/mol. The second-order valence-corrected chi connectivity index (χ2v) is 7.82. The van der Waals surface area contributed by atoms with E-state index in [1.54, 1.807) is 12.1 Å². The molecule has 1 aliphatic heterocycles. The molecular formula is C23H16BrF2N3O. The molecule has 0 fully saturated rings. The highest BCUT2D eigenvalue weighted by molar-refractivity contribution is 9.10. The number of alkyl halides is 2. The SMILES string of the molecule is FC(F)Oc1ccc(C2=C[C@@H](c3cccc(Br)c3)n3c(nc4ccccc43)N2)cc1. The average Bonchev–Trinajstić information content (AvgIpc) is 3.12. The van der Waals surface area contributed by atoms with Crippen molar-refractivity contribution in [3.8, 4) is 5.75 Å². The molecule has 150 valence electrons. The predicted octanol–water partition coefficient (Wildman–Crippen LogP) is 6.46. The Bertz CT molecular complexity index is 1250. The normalized spacial score (nSPS) is 15.6. The summed E-state index contributed by atoms with van der Waals surface area (Å²) >= 11 is 3.56. The van der Waals surface area contributed by atoms with Gasteiger partial charge in [-0.3, -0.25) is 4.57 Å². The van der Waals surface area contributed by atoms with Gasteiger partial charge in [0.05, 0.1) is 17.1 Å². The van der Waals surface area contributed by atoms with Gasteiger partial charge in [-0.2, -0.15) is 8.78 Å². The van der Waals surface area contributed by atoms with E-state index in [1.165, 1.54) is 12.1 Å². The van der Waals surface area contributed by atoms with E-state index in [9.17, 15) is 8.78 Å². The van der Waals surface area contributed by atoms with Crippen LogP contribution in [0.4, 0.5) is 14.7 Å². The molecule has 2 heterocycles. The van der Waals surface area contributed by atoms with Gasteiger partial charge in [-0.05, 0) is 65.7 Å². The van der Waals surface area contributed by atoms with Crippen LogP contribution in [-0.4, -0.2) is 16.2 Å². The van der Waals surface area contributed by atoms with Gasteiger partial charge in [-0.1, -0.05) is 40.2 Å². The summed E-state index contributed by atoms with van der Waals surface area (Å²) in [5.41, 5.74) is 4.74. The molecule has 3 aromatic carbocycles. The van der Waals surface area contributed by atoms with Crippen LogP contribution < -0.4 is 10.1 Å². The van der Waals surface area contributed by atoms with E-state index >= 15 is 0 Å². The van der Waals surface area contributed by atoms with Crippen LogP contribution in [0.2, 0.25) is 0 Å². The smallest absolute Gasteiger partial charge is 0.387 e. The van der Waals surface area contributed by atoms with Gasteiger partial charge in [-0.15, -0.1) is 0 Å². The Morgan fingerprint density at radius 2 is 1.80 bits per heavy atom. The molecule has 30 heavy (non-hydrogen) atoms. The van der Waals surface area contributed by atoms with Crippen LogP contribution in [0.15, 0.2) is 83.3 Å². The van der Waals surface area contributed by atoms with Gasteiger partial charge >= 0.3 is 6.61 Å². The summed E-state index contributed by atoms with van der Waals surface area (Å²) in [7, 11) is 0. The van der Waals surface area contributed by atoms with E-state index in [1.807, 2.05) is 36.4 Å². The van der Waals surface area contributed by atoms with E-state index in [-0.39, 0.29) is 11.8 Å². The number of hydrogen-bond donors (Lipinski definition) is 1. The molecule has 7 heteroatoms. The third-order valence-electron chi connectivity index (χ3n) is 5.03. The van der Waals surface area contributed by atoms with Crippen molar-refractivity contribution in [2.45, 2.75) is 12.7 Å². The van der Waals surface area contributed by atoms with Crippen molar-refractivity contribution < 1.29 is 13.5 Å². The highest BCUT2D eigenvalue weighted by Crippen LogP contribution is 2.37. The number of nitrogens with one attached hydrogen (secondary N) is 1. The summed E-state index contributed by atoms with van der Waals surface area (Å²) < 4.78 is 32.5. The fourth-order valence-corrected chi connectivity index (χ4v) is 4.15. The van der Waals surface area contributed by atoms with Gasteiger partial charge in [0, 0.05) is 10.2 Å². The molecular weight excluding hydrogens is 452 g/mol. The number of allylic oxidation sites excluding steroid dienone is 1. The lowest BCUT2D eigenvalue weighted by atomic mass is 10.0. The largest absolute Gasteiger partial charge is 0.435 e. The summed E-state index contributed by atoms with van der Waals surface area (Å²) in [6, 6.07) is 22.7. The van der Waals surface area contributed by atoms with Crippen molar-refractivity contribution in [1.82, 2.24) is 9.55 Å². The molecule has 4 aromatic rings. The number of fused-ring (bicyclic) bond motifs is 3. The van der Waals surface area contributed by atoms with Gasteiger partial charge in [0.2, 0.25) is 5.95 Å². The molecule has 1 aliphatic rings. The Morgan fingerprint density at radius 1 is 1.00 bits per heavy atom. The summed E-state index contributed by atoms with van der Waals surface area (Å²) in [5, 5.41) is 3.39. The number of benzene rings is 3. The molecule has 0 bridgehead atoms. The Balaban J connectivity index is 1.62. The zero-order valence-corrected chi connectivity index (χ0v) is 17.2. The molecule has 0 aliphatic carbocycles. The number of imidazole rings is 1. The van der Waals surface area contributed by atoms with Crippen LogP contribution in [0.1, 0.15) is 17.2 Å². The molecule has 5 rings (SSSR count). The van der Waals surface area contributed by atoms with Crippen LogP contribution in [0, 0.1) is 0 Å². The number of para-hydroxylation sites is 2. The standard InChI is InChI=1S/C23H16BrF2N3O/c24-16-5-3-4-15(12-16)21-13-19(14-8-10-17(11-9-14)30-22(25)26)28-23-27-18-6-1-2-7-20(18)29(21)23/h1-13,21-22H,(H,27,28)/t21-/m0/s1. The first kappa shape index (κ1) is 18.8. The molecule has 1 atom stereocenters. The van der Waals surface area contributed by atoms with Crippen LogP contribution >= 0.6 is 15.9 Å². The maximum absolute atomic E-state index is 12.5. The molecule has 0 spiro atoms. The highest BCUT2D eigenvalue weighted by Gasteiger charge is 2.25. The number of anilines is 1. The first-order valence-electron chi connectivity index (χ1n) is 9.35. The molecule has 0 saturated heterocycles. The fraction of sp³-hybridized carbons (Fsp3) is 0.0870. The lowest BCUT2D eigenvalue weighted by molar-refractivity contribution is -0.0498. The molecule has 4 nitrogen and oxygen atoms in total. The van der Waals surface area contributed by atoms with Crippen molar-refractivity contribution in [1.29, 1.82) is 0 Å². The second-order valence-electron chi connectivity index (χ2n) is 6.90. The Hall–Kier alpha value is -3.19. The molecule has 0 saturated carbocycles. The van der Waals surface area contributed by atoms with Crippen molar-refractivity contribution in [3.05, 3.63) is 94.5 Å². The number of halogens is 3. The zero-order chi connectivity index (χ0) is 20.7. The van der Waals surface area contributed by atoms with Crippen LogP contribution in [0.3, 0.4) is 0 Å². The first-order valence-corrected chi connectivity index (χ1v) is 10.1. The Morgan fingerprint density at radius 3 is 2.57 bits per heavy atom. The topological polar surface area (TPSA) is 39.1 Å². The minimum Gasteiger partial charge on any atom is -0.435 e. The molecule has 1 aromatic heterocycles. The highest BCUT2D eigenvalue weighted by atomic mass is 79.9. The minimum atomic E-state index is -2.84. The number of hydrogen-bond acceptors (Lipinski definition) is 3. The second kappa shape index (κ2) is 7.57. The number of ether oxygens (including phenoxy) is 1. The molecule has 0 unspecified atom stereocenters. The third-order valence-corrected chi connectivity index (χ3v) is 5.52. The Kier molecular flexibility index (Phi) is 4.75. The first-order chi connectivity index (χ1) is 14.6. The van der Waals surface area contributed by atoms with E-state index in [4.69, 9.17) is 4.98 Å². The lowest BCUT2D eigenvalue weighted by Crippen LogP contribution is -2.19. The van der Waals surface area contributed by atoms with Crippen molar-refractivity contribution in [2.24, 2.45) is 0 Å². The maximum Gasteiger partial charge on any atom is 0.387 e. The minimum absolute atomic E-state index is 0.0851. The van der Waals surface area contributed by atoms with E-state index in [2.05, 4.69) is 48.8 Å². The maximum atomic E-state index is 12.5.